The summed E-state index contributed by atoms with van der Waals surface area (Å²) in [5, 5.41) is 33.8. The first kappa shape index (κ1) is 99.6. The summed E-state index contributed by atoms with van der Waals surface area (Å²) in [4.78, 5) is 46.5. The maximum atomic E-state index is 11.7. The standard InChI is InChI=1S/C46H28N4.C46H29N3O.C20H20N.C13H24O2.C9H7NO.Ir.Li/c1-2-14-32(15-3-1)49-39-21-11-9-18-35(39)37-28-31(24-25-40(37)49)45-36-19-8-10-20-38(36)47-46(48-45)50-41-26-22-29-12-4-6-16-33(29)43(41)44-34-17-7-5-13-30(34)23-27-42(44)50;1-3-13-30(14-4-1)31-23-25-33(26-24-31)44-47-43(32-15-5-2-6-16-32)48-45(49-44)34-27-28-36-35-17-7-8-18-37(35)46(40(36)29-34)38-19-9-11-21-41(38)50-42-22-12-10-20-39(42)46;1-13(2)17-6-5-7-20-18(17)8-9-19(21-20)16-11-14(3)10-15(4)12-16;1-5-10(6-2)12(14)9-13(15)11(7-3)8-4;11-8-5-1-3-7-4-2-6-10-9(7)8;;/h1-28H;1-29H;5-11,13H,1-4H3;9-11,14H,5-8H2,1-4H3;1-6,11H;;/q;;-1;;;;+1/p-1. The first-order valence-corrected chi connectivity index (χ1v) is 50.8. The number of benzene rings is 18. The van der Waals surface area contributed by atoms with Crippen LogP contribution < -0.4 is 28.7 Å². The van der Waals surface area contributed by atoms with Gasteiger partial charge in [0.25, 0.3) is 0 Å². The summed E-state index contributed by atoms with van der Waals surface area (Å²) >= 11 is 0. The second kappa shape index (κ2) is 43.5. The molecular formula is C134H107IrLiN9O4-. The number of aliphatic hydroxyl groups excluding tert-OH is 1. The number of pyridine rings is 2. The van der Waals surface area contributed by atoms with Gasteiger partial charge in [0, 0.05) is 116 Å². The summed E-state index contributed by atoms with van der Waals surface area (Å²) in [6, 6.07) is 149. The van der Waals surface area contributed by atoms with Crippen LogP contribution in [0.4, 0.5) is 0 Å². The van der Waals surface area contributed by atoms with Crippen molar-refractivity contribution in [2.24, 2.45) is 11.8 Å². The summed E-state index contributed by atoms with van der Waals surface area (Å²) in [6.07, 6.45) is 6.53. The minimum absolute atomic E-state index is 0. The summed E-state index contributed by atoms with van der Waals surface area (Å²) in [7, 11) is 0. The van der Waals surface area contributed by atoms with Gasteiger partial charge in [-0.15, -0.1) is 34.9 Å². The Hall–Kier alpha value is -16.7. The van der Waals surface area contributed by atoms with Crippen LogP contribution in [0.3, 0.4) is 0 Å². The second-order valence-corrected chi connectivity index (χ2v) is 38.1. The number of para-hydroxylation sites is 6. The Bertz CT molecular complexity index is 8990. The maximum Gasteiger partial charge on any atom is 1.00 e. The van der Waals surface area contributed by atoms with Gasteiger partial charge in [-0.1, -0.05) is 389 Å². The van der Waals surface area contributed by atoms with Crippen molar-refractivity contribution in [3.63, 3.8) is 0 Å². The predicted molar refractivity (Wildman–Crippen MR) is 602 cm³/mol. The zero-order chi connectivity index (χ0) is 100. The van der Waals surface area contributed by atoms with Gasteiger partial charge in [-0.25, -0.2) is 24.9 Å². The Labute approximate surface area is 893 Å². The van der Waals surface area contributed by atoms with Gasteiger partial charge in [-0.2, -0.15) is 0 Å². The molecule has 0 unspecified atom stereocenters. The van der Waals surface area contributed by atoms with Crippen LogP contribution in [-0.4, -0.2) is 54.9 Å². The first-order valence-electron chi connectivity index (χ1n) is 50.8. The molecule has 26 rings (SSSR count). The molecule has 7 heterocycles. The van der Waals surface area contributed by atoms with Gasteiger partial charge in [0.2, 0.25) is 5.95 Å². The number of hydrogen-bond acceptors (Lipinski definition) is 11. The van der Waals surface area contributed by atoms with Crippen molar-refractivity contribution in [2.75, 3.05) is 0 Å². The van der Waals surface area contributed by atoms with E-state index in [0.29, 0.717) is 34.9 Å². The number of carbonyl (C=O) groups is 1. The van der Waals surface area contributed by atoms with Crippen molar-refractivity contribution >= 4 is 104 Å². The quantitative estimate of drug-likeness (QED) is 0.0423. The molecular weight excluding hydrogens is 2000 g/mol. The topological polar surface area (TPSA) is 170 Å². The van der Waals surface area contributed by atoms with Crippen molar-refractivity contribution in [1.82, 2.24) is 44.0 Å². The fourth-order valence-corrected chi connectivity index (χ4v) is 21.6. The van der Waals surface area contributed by atoms with Crippen molar-refractivity contribution in [1.29, 1.82) is 0 Å². The maximum absolute atomic E-state index is 11.7. The van der Waals surface area contributed by atoms with E-state index in [1.54, 1.807) is 12.3 Å². The van der Waals surface area contributed by atoms with Gasteiger partial charge in [0.15, 0.2) is 23.3 Å². The van der Waals surface area contributed by atoms with Gasteiger partial charge in [0.1, 0.15) is 11.5 Å². The number of nitrogens with zero attached hydrogens (tertiary/aromatic N) is 9. The molecule has 13 nitrogen and oxygen atoms in total. The van der Waals surface area contributed by atoms with Crippen LogP contribution in [0.5, 0.6) is 17.2 Å². The number of ether oxygens (including phenoxy) is 1. The van der Waals surface area contributed by atoms with E-state index in [1.165, 1.54) is 111 Å². The average molecular weight is 2110 g/mol. The van der Waals surface area contributed by atoms with Crippen LogP contribution >= 0.6 is 0 Å². The Morgan fingerprint density at radius 1 is 0.396 bits per heavy atom. The molecule has 0 saturated carbocycles. The molecule has 15 heteroatoms. The molecule has 2 aliphatic rings. The van der Waals surface area contributed by atoms with Crippen molar-refractivity contribution in [3.8, 4) is 108 Å². The van der Waals surface area contributed by atoms with Crippen molar-refractivity contribution in [3.05, 3.63) is 482 Å². The normalized spacial score (nSPS) is 12.0. The zero-order valence-corrected chi connectivity index (χ0v) is 87.0. The number of aliphatic hydroxyl groups is 1. The van der Waals surface area contributed by atoms with E-state index < -0.39 is 5.41 Å². The molecule has 0 amide bonds. The molecule has 0 saturated heterocycles. The third-order valence-electron chi connectivity index (χ3n) is 28.8. The molecule has 1 aliphatic carbocycles. The van der Waals surface area contributed by atoms with Crippen LogP contribution in [0.2, 0.25) is 0 Å². The van der Waals surface area contributed by atoms with Crippen LogP contribution in [0.15, 0.2) is 437 Å². The fraction of sp³-hybridized carbons (Fsp3) is 0.119. The van der Waals surface area contributed by atoms with E-state index in [2.05, 4.69) is 388 Å². The summed E-state index contributed by atoms with van der Waals surface area (Å²) < 4.78 is 11.2. The number of rotatable bonds is 16. The zero-order valence-electron chi connectivity index (χ0n) is 84.6. The minimum Gasteiger partial charge on any atom is -0.871 e. The third-order valence-corrected chi connectivity index (χ3v) is 28.8. The van der Waals surface area contributed by atoms with Crippen LogP contribution in [-0.2, 0) is 30.3 Å². The minimum atomic E-state index is -0.571. The largest absolute Gasteiger partial charge is 1.00 e. The van der Waals surface area contributed by atoms with Crippen LogP contribution in [0.1, 0.15) is 112 Å². The Kier molecular flexibility index (Phi) is 29.1. The van der Waals surface area contributed by atoms with E-state index in [0.717, 1.165) is 137 Å². The van der Waals surface area contributed by atoms with E-state index >= 15 is 0 Å². The van der Waals surface area contributed by atoms with Crippen LogP contribution in [0.25, 0.3) is 188 Å². The number of aryl methyl sites for hydroxylation is 2. The molecule has 1 spiro atoms. The SMILES string of the molecule is CCC(CC)C(=O)C=C(O)C(CC)CC.Cc1[c-]c(-c2ccc3c(C(C)C)cccc3n2)cc(C)c1.[Ir].[Li+].[O-]c1cccc2cccnc12.c1ccc(-c2ccc(-c3nc(-c4ccccc4)nc(-c4ccc5c(c4)C4(c6ccccc6Oc6ccccc64)c4ccccc4-5)n3)cc2)cc1.c1ccc(-n2c3ccccc3c3cc(-c4nc(-n5c6ccc7ccccc7c6c6c7ccccc7ccc65)nc5ccccc45)ccc32)cc1. The third kappa shape index (κ3) is 19.2. The summed E-state index contributed by atoms with van der Waals surface area (Å²) in [5.74, 6) is 5.34. The number of ketones is 1. The number of aromatic nitrogens is 9. The Morgan fingerprint density at radius 2 is 0.893 bits per heavy atom. The molecule has 723 valence electrons. The van der Waals surface area contributed by atoms with E-state index in [1.807, 2.05) is 94.4 Å². The molecule has 6 aromatic heterocycles. The van der Waals surface area contributed by atoms with E-state index in [4.69, 9.17) is 34.6 Å². The molecule has 0 bridgehead atoms. The average Bonchev–Trinajstić information content (AvgIpc) is 1.52. The van der Waals surface area contributed by atoms with Gasteiger partial charge in [-0.05, 0) is 182 Å². The van der Waals surface area contributed by atoms with Crippen molar-refractivity contribution in [2.45, 2.75) is 92.4 Å². The number of carbonyl (C=O) groups excluding carboxylic acids is 1. The Morgan fingerprint density at radius 3 is 1.54 bits per heavy atom. The van der Waals surface area contributed by atoms with E-state index in [9.17, 15) is 15.0 Å². The monoisotopic (exact) mass is 2110 g/mol. The second-order valence-electron chi connectivity index (χ2n) is 38.1. The molecule has 18 aromatic carbocycles. The van der Waals surface area contributed by atoms with Gasteiger partial charge < -0.3 is 19.5 Å². The molecule has 1 N–H and O–H groups in total. The van der Waals surface area contributed by atoms with E-state index in [-0.39, 0.29) is 68.1 Å². The molecule has 0 atom stereocenters. The molecule has 1 radical (unpaired) electrons. The number of hydrogen-bond donors (Lipinski definition) is 1. The smallest absolute Gasteiger partial charge is 0.871 e. The van der Waals surface area contributed by atoms with Gasteiger partial charge in [0.05, 0.1) is 55.5 Å². The fourth-order valence-electron chi connectivity index (χ4n) is 21.6. The number of allylic oxidation sites excluding steroid dienone is 2. The first-order chi connectivity index (χ1) is 72.1. The molecule has 24 aromatic rings. The van der Waals surface area contributed by atoms with Crippen LogP contribution in [0, 0.1) is 31.7 Å². The van der Waals surface area contributed by atoms with Crippen molar-refractivity contribution < 1.29 is 58.7 Å². The molecule has 1 aliphatic heterocycles. The van der Waals surface area contributed by atoms with Gasteiger partial charge in [-0.3, -0.25) is 19.3 Å². The summed E-state index contributed by atoms with van der Waals surface area (Å²) in [6.45, 7) is 16.7. The molecule has 0 fully saturated rings. The Balaban J connectivity index is 0.000000126. The van der Waals surface area contributed by atoms with Gasteiger partial charge >= 0.3 is 18.9 Å². The molecule has 149 heavy (non-hydrogen) atoms. The summed E-state index contributed by atoms with van der Waals surface area (Å²) in [5.41, 5.74) is 27.7. The number of fused-ring (bicyclic) bond motifs is 22. The predicted octanol–water partition coefficient (Wildman–Crippen LogP) is 30.4.